The summed E-state index contributed by atoms with van der Waals surface area (Å²) >= 11 is 0. The monoisotopic (exact) mass is 387 g/mol. The maximum Gasteiger partial charge on any atom is 0.170 e. The standard InChI is InChI=1S/C23H22FN5/c1-14-4-3-5-20(24)19(14)12-26-22-9-8-17(23-28-27-13-29(22)23)18-11-25-21(10-15(18)2)16-6-7-16/h3-5,8-11,13,16,26H,6-7,12H2,1-2H3. The maximum absolute atomic E-state index is 14.2. The molecular formula is C23H22FN5. The van der Waals surface area contributed by atoms with Gasteiger partial charge in [0.2, 0.25) is 0 Å². The molecule has 0 atom stereocenters. The van der Waals surface area contributed by atoms with Crippen molar-refractivity contribution in [1.29, 1.82) is 0 Å². The number of hydrogen-bond acceptors (Lipinski definition) is 4. The Morgan fingerprint density at radius 1 is 1.10 bits per heavy atom. The highest BCUT2D eigenvalue weighted by Crippen LogP contribution is 2.40. The normalized spacial score (nSPS) is 13.8. The molecule has 3 heterocycles. The van der Waals surface area contributed by atoms with E-state index in [4.69, 9.17) is 0 Å². The molecule has 0 saturated heterocycles. The van der Waals surface area contributed by atoms with Gasteiger partial charge in [0.25, 0.3) is 0 Å². The highest BCUT2D eigenvalue weighted by Gasteiger charge is 2.25. The lowest BCUT2D eigenvalue weighted by molar-refractivity contribution is 0.611. The van der Waals surface area contributed by atoms with E-state index < -0.39 is 0 Å². The van der Waals surface area contributed by atoms with Crippen LogP contribution in [0.3, 0.4) is 0 Å². The number of aryl methyl sites for hydroxylation is 2. The van der Waals surface area contributed by atoms with Crippen molar-refractivity contribution < 1.29 is 4.39 Å². The Morgan fingerprint density at radius 2 is 1.97 bits per heavy atom. The van der Waals surface area contributed by atoms with Crippen LogP contribution in [-0.4, -0.2) is 19.6 Å². The van der Waals surface area contributed by atoms with Crippen LogP contribution in [0, 0.1) is 19.7 Å². The third kappa shape index (κ3) is 3.24. The minimum atomic E-state index is -0.202. The summed E-state index contributed by atoms with van der Waals surface area (Å²) in [6.07, 6.45) is 6.10. The van der Waals surface area contributed by atoms with Crippen LogP contribution in [0.2, 0.25) is 0 Å². The summed E-state index contributed by atoms with van der Waals surface area (Å²) in [5, 5.41) is 11.8. The molecule has 1 aromatic carbocycles. The second kappa shape index (κ2) is 6.95. The highest BCUT2D eigenvalue weighted by atomic mass is 19.1. The molecule has 1 aliphatic carbocycles. The molecule has 0 amide bonds. The number of nitrogens with one attached hydrogen (secondary N) is 1. The van der Waals surface area contributed by atoms with E-state index in [1.807, 2.05) is 35.7 Å². The molecule has 1 N–H and O–H groups in total. The predicted octanol–water partition coefficient (Wildman–Crippen LogP) is 5.04. The van der Waals surface area contributed by atoms with E-state index in [0.717, 1.165) is 28.2 Å². The molecule has 0 radical (unpaired) electrons. The summed E-state index contributed by atoms with van der Waals surface area (Å²) in [5.74, 6) is 1.24. The summed E-state index contributed by atoms with van der Waals surface area (Å²) in [5.41, 5.74) is 6.76. The maximum atomic E-state index is 14.2. The minimum absolute atomic E-state index is 0.202. The molecule has 29 heavy (non-hydrogen) atoms. The zero-order valence-corrected chi connectivity index (χ0v) is 16.5. The van der Waals surface area contributed by atoms with E-state index in [2.05, 4.69) is 33.5 Å². The molecule has 6 heteroatoms. The van der Waals surface area contributed by atoms with Gasteiger partial charge >= 0.3 is 0 Å². The molecule has 3 aromatic heterocycles. The lowest BCUT2D eigenvalue weighted by atomic mass is 10.0. The van der Waals surface area contributed by atoms with Crippen molar-refractivity contribution in [2.75, 3.05) is 5.32 Å². The topological polar surface area (TPSA) is 55.1 Å². The van der Waals surface area contributed by atoms with Gasteiger partial charge in [0.05, 0.1) is 0 Å². The van der Waals surface area contributed by atoms with Gasteiger partial charge in [-0.3, -0.25) is 9.38 Å². The summed E-state index contributed by atoms with van der Waals surface area (Å²) in [4.78, 5) is 4.67. The fourth-order valence-electron chi connectivity index (χ4n) is 3.80. The SMILES string of the molecule is Cc1cc(C2CC2)ncc1-c1ccc(NCc2c(C)cccc2F)n2cnnc12. The van der Waals surface area contributed by atoms with Gasteiger partial charge in [0, 0.05) is 41.0 Å². The first-order chi connectivity index (χ1) is 14.1. The largest absolute Gasteiger partial charge is 0.367 e. The lowest BCUT2D eigenvalue weighted by Gasteiger charge is -2.14. The van der Waals surface area contributed by atoms with Crippen LogP contribution in [0.5, 0.6) is 0 Å². The van der Waals surface area contributed by atoms with E-state index in [-0.39, 0.29) is 5.82 Å². The Balaban J connectivity index is 1.49. The number of halogens is 1. The fraction of sp³-hybridized carbons (Fsp3) is 0.261. The first-order valence-electron chi connectivity index (χ1n) is 9.89. The first kappa shape index (κ1) is 17.8. The average molecular weight is 387 g/mol. The number of hydrogen-bond donors (Lipinski definition) is 1. The van der Waals surface area contributed by atoms with E-state index >= 15 is 0 Å². The molecule has 0 spiro atoms. The van der Waals surface area contributed by atoms with Crippen molar-refractivity contribution in [1.82, 2.24) is 19.6 Å². The van der Waals surface area contributed by atoms with Crippen molar-refractivity contribution in [3.05, 3.63) is 77.1 Å². The smallest absolute Gasteiger partial charge is 0.170 e. The van der Waals surface area contributed by atoms with Gasteiger partial charge in [-0.1, -0.05) is 12.1 Å². The van der Waals surface area contributed by atoms with Gasteiger partial charge in [0.1, 0.15) is 18.0 Å². The third-order valence-electron chi connectivity index (χ3n) is 5.67. The number of rotatable bonds is 5. The van der Waals surface area contributed by atoms with Gasteiger partial charge in [-0.15, -0.1) is 10.2 Å². The molecule has 4 aromatic rings. The molecule has 0 unspecified atom stereocenters. The van der Waals surface area contributed by atoms with Crippen molar-refractivity contribution in [3.63, 3.8) is 0 Å². The van der Waals surface area contributed by atoms with Crippen molar-refractivity contribution in [2.45, 2.75) is 39.2 Å². The summed E-state index contributed by atoms with van der Waals surface area (Å²) in [7, 11) is 0. The number of benzene rings is 1. The second-order valence-electron chi connectivity index (χ2n) is 7.74. The van der Waals surface area contributed by atoms with Gasteiger partial charge in [0.15, 0.2) is 5.65 Å². The molecule has 5 rings (SSSR count). The predicted molar refractivity (Wildman–Crippen MR) is 111 cm³/mol. The quantitative estimate of drug-likeness (QED) is 0.521. The Labute approximate surface area is 168 Å². The zero-order chi connectivity index (χ0) is 20.0. The van der Waals surface area contributed by atoms with E-state index in [0.29, 0.717) is 18.0 Å². The number of pyridine rings is 2. The summed E-state index contributed by atoms with van der Waals surface area (Å²) < 4.78 is 16.1. The third-order valence-corrected chi connectivity index (χ3v) is 5.67. The molecule has 146 valence electrons. The van der Waals surface area contributed by atoms with Crippen LogP contribution in [0.4, 0.5) is 10.2 Å². The Morgan fingerprint density at radius 3 is 2.72 bits per heavy atom. The van der Waals surface area contributed by atoms with E-state index in [9.17, 15) is 4.39 Å². The molecule has 1 fully saturated rings. The van der Waals surface area contributed by atoms with Crippen LogP contribution in [0.15, 0.2) is 48.9 Å². The number of anilines is 1. The van der Waals surface area contributed by atoms with Crippen LogP contribution in [0.1, 0.15) is 41.1 Å². The molecule has 1 aliphatic rings. The van der Waals surface area contributed by atoms with E-state index in [1.54, 1.807) is 12.4 Å². The highest BCUT2D eigenvalue weighted by molar-refractivity contribution is 5.80. The Bertz CT molecular complexity index is 1190. The Hall–Kier alpha value is -3.28. The Kier molecular flexibility index (Phi) is 4.27. The lowest BCUT2D eigenvalue weighted by Crippen LogP contribution is -2.07. The number of nitrogens with zero attached hydrogens (tertiary/aromatic N) is 4. The van der Waals surface area contributed by atoms with Gasteiger partial charge < -0.3 is 5.32 Å². The summed E-state index contributed by atoms with van der Waals surface area (Å²) in [6.45, 7) is 4.42. The van der Waals surface area contributed by atoms with Crippen LogP contribution in [-0.2, 0) is 6.54 Å². The number of fused-ring (bicyclic) bond motifs is 1. The molecule has 5 nitrogen and oxygen atoms in total. The second-order valence-corrected chi connectivity index (χ2v) is 7.74. The van der Waals surface area contributed by atoms with Crippen molar-refractivity contribution >= 4 is 11.5 Å². The van der Waals surface area contributed by atoms with E-state index in [1.165, 1.54) is 30.2 Å². The number of aromatic nitrogens is 4. The van der Waals surface area contributed by atoms with Crippen LogP contribution >= 0.6 is 0 Å². The molecule has 1 saturated carbocycles. The van der Waals surface area contributed by atoms with Gasteiger partial charge in [-0.2, -0.15) is 0 Å². The van der Waals surface area contributed by atoms with Crippen LogP contribution in [0.25, 0.3) is 16.8 Å². The van der Waals surface area contributed by atoms with Gasteiger partial charge in [-0.05, 0) is 62.1 Å². The minimum Gasteiger partial charge on any atom is -0.367 e. The van der Waals surface area contributed by atoms with Crippen molar-refractivity contribution in [3.8, 4) is 11.1 Å². The first-order valence-corrected chi connectivity index (χ1v) is 9.89. The average Bonchev–Trinajstić information content (AvgIpc) is 3.44. The van der Waals surface area contributed by atoms with Gasteiger partial charge in [-0.25, -0.2) is 4.39 Å². The fourth-order valence-corrected chi connectivity index (χ4v) is 3.80. The molecule has 0 aliphatic heterocycles. The zero-order valence-electron chi connectivity index (χ0n) is 16.5. The van der Waals surface area contributed by atoms with Crippen LogP contribution < -0.4 is 5.32 Å². The molecule has 0 bridgehead atoms. The molecular weight excluding hydrogens is 365 g/mol. The summed E-state index contributed by atoms with van der Waals surface area (Å²) in [6, 6.07) is 11.3. The van der Waals surface area contributed by atoms with Crippen molar-refractivity contribution in [2.24, 2.45) is 0 Å².